The highest BCUT2D eigenvalue weighted by Crippen LogP contribution is 2.28. The lowest BCUT2D eigenvalue weighted by Crippen LogP contribution is -2.11. The molecule has 0 spiro atoms. The molecule has 19 heavy (non-hydrogen) atoms. The Balaban J connectivity index is 2.06. The highest BCUT2D eigenvalue weighted by atomic mass is 16.5. The second kappa shape index (κ2) is 4.74. The van der Waals surface area contributed by atoms with E-state index in [0.717, 1.165) is 5.56 Å². The number of para-hydroxylation sites is 1. The number of nitrogens with two attached hydrogens (primary N) is 1. The van der Waals surface area contributed by atoms with Crippen molar-refractivity contribution in [3.05, 3.63) is 60.0 Å². The Bertz CT molecular complexity index is 692. The Morgan fingerprint density at radius 3 is 2.63 bits per heavy atom. The van der Waals surface area contributed by atoms with E-state index in [2.05, 4.69) is 4.98 Å². The third kappa shape index (κ3) is 2.06. The van der Waals surface area contributed by atoms with Crippen molar-refractivity contribution in [3.8, 4) is 5.75 Å². The lowest BCUT2D eigenvalue weighted by atomic mass is 10.1. The van der Waals surface area contributed by atoms with Crippen LogP contribution in [0, 0.1) is 0 Å². The van der Waals surface area contributed by atoms with Gasteiger partial charge in [0, 0.05) is 0 Å². The summed E-state index contributed by atoms with van der Waals surface area (Å²) >= 11 is 0. The summed E-state index contributed by atoms with van der Waals surface area (Å²) in [6.07, 6.45) is 0. The molecule has 1 heterocycles. The molecule has 96 valence electrons. The number of aromatic nitrogens is 1. The molecule has 2 aromatic carbocycles. The third-order valence-corrected chi connectivity index (χ3v) is 3.04. The third-order valence-electron chi connectivity index (χ3n) is 3.04. The Kier molecular flexibility index (Phi) is 2.93. The van der Waals surface area contributed by atoms with Gasteiger partial charge in [0.15, 0.2) is 11.1 Å². The maximum atomic E-state index is 6.17. The van der Waals surface area contributed by atoms with Gasteiger partial charge in [-0.2, -0.15) is 0 Å². The lowest BCUT2D eigenvalue weighted by Gasteiger charge is -2.06. The lowest BCUT2D eigenvalue weighted by molar-refractivity contribution is 0.419. The smallest absolute Gasteiger partial charge is 0.217 e. The van der Waals surface area contributed by atoms with Crippen LogP contribution in [0.5, 0.6) is 5.75 Å². The Morgan fingerprint density at radius 2 is 1.89 bits per heavy atom. The SMILES string of the molecule is COc1cccc2oc(C(N)c3ccccc3)nc12. The Hall–Kier alpha value is -2.33. The van der Waals surface area contributed by atoms with Gasteiger partial charge in [-0.25, -0.2) is 4.98 Å². The van der Waals surface area contributed by atoms with Gasteiger partial charge in [-0.05, 0) is 17.7 Å². The number of rotatable bonds is 3. The van der Waals surface area contributed by atoms with Crippen LogP contribution in [0.3, 0.4) is 0 Å². The molecule has 1 unspecified atom stereocenters. The maximum Gasteiger partial charge on any atom is 0.217 e. The van der Waals surface area contributed by atoms with Gasteiger partial charge in [0.1, 0.15) is 11.8 Å². The van der Waals surface area contributed by atoms with Crippen molar-refractivity contribution in [2.24, 2.45) is 5.73 Å². The van der Waals surface area contributed by atoms with Gasteiger partial charge < -0.3 is 14.9 Å². The molecule has 0 fully saturated rings. The molecule has 0 aliphatic heterocycles. The first kappa shape index (κ1) is 11.7. The number of methoxy groups -OCH3 is 1. The topological polar surface area (TPSA) is 61.3 Å². The number of ether oxygens (including phenoxy) is 1. The largest absolute Gasteiger partial charge is 0.494 e. The van der Waals surface area contributed by atoms with Crippen LogP contribution in [0.4, 0.5) is 0 Å². The number of oxazole rings is 1. The standard InChI is InChI=1S/C15H14N2O2/c1-18-11-8-5-9-12-14(11)17-15(19-12)13(16)10-6-3-2-4-7-10/h2-9,13H,16H2,1H3. The van der Waals surface area contributed by atoms with E-state index < -0.39 is 0 Å². The first-order valence-corrected chi connectivity index (χ1v) is 6.03. The highest BCUT2D eigenvalue weighted by Gasteiger charge is 2.17. The molecule has 0 amide bonds. The fraction of sp³-hybridized carbons (Fsp3) is 0.133. The Labute approximate surface area is 110 Å². The second-order valence-electron chi connectivity index (χ2n) is 4.25. The average molecular weight is 254 g/mol. The van der Waals surface area contributed by atoms with Gasteiger partial charge in [-0.15, -0.1) is 0 Å². The molecule has 3 aromatic rings. The molecule has 1 aromatic heterocycles. The van der Waals surface area contributed by atoms with Crippen molar-refractivity contribution in [2.75, 3.05) is 7.11 Å². The number of benzene rings is 2. The van der Waals surface area contributed by atoms with Crippen LogP contribution in [0.1, 0.15) is 17.5 Å². The van der Waals surface area contributed by atoms with Crippen molar-refractivity contribution in [1.82, 2.24) is 4.98 Å². The quantitative estimate of drug-likeness (QED) is 0.780. The number of fused-ring (bicyclic) bond motifs is 1. The zero-order chi connectivity index (χ0) is 13.2. The van der Waals surface area contributed by atoms with Crippen LogP contribution >= 0.6 is 0 Å². The number of hydrogen-bond donors (Lipinski definition) is 1. The van der Waals surface area contributed by atoms with E-state index >= 15 is 0 Å². The molecule has 3 rings (SSSR count). The van der Waals surface area contributed by atoms with E-state index in [1.165, 1.54) is 0 Å². The molecule has 0 bridgehead atoms. The van der Waals surface area contributed by atoms with Crippen LogP contribution in [-0.2, 0) is 0 Å². The predicted octanol–water partition coefficient (Wildman–Crippen LogP) is 2.88. The number of hydrogen-bond acceptors (Lipinski definition) is 4. The monoisotopic (exact) mass is 254 g/mol. The van der Waals surface area contributed by atoms with Gasteiger partial charge in [0.25, 0.3) is 0 Å². The molecule has 4 nitrogen and oxygen atoms in total. The summed E-state index contributed by atoms with van der Waals surface area (Å²) in [5.74, 6) is 1.18. The fourth-order valence-electron chi connectivity index (χ4n) is 2.04. The van der Waals surface area contributed by atoms with Crippen molar-refractivity contribution in [1.29, 1.82) is 0 Å². The zero-order valence-electron chi connectivity index (χ0n) is 10.5. The van der Waals surface area contributed by atoms with E-state index in [1.807, 2.05) is 48.5 Å². The maximum absolute atomic E-state index is 6.17. The van der Waals surface area contributed by atoms with Gasteiger partial charge in [0.05, 0.1) is 7.11 Å². The summed E-state index contributed by atoms with van der Waals surface area (Å²) in [6.45, 7) is 0. The van der Waals surface area contributed by atoms with Crippen LogP contribution in [0.15, 0.2) is 52.9 Å². The van der Waals surface area contributed by atoms with Crippen LogP contribution in [-0.4, -0.2) is 12.1 Å². The van der Waals surface area contributed by atoms with E-state index in [0.29, 0.717) is 22.7 Å². The summed E-state index contributed by atoms with van der Waals surface area (Å²) in [7, 11) is 1.61. The summed E-state index contributed by atoms with van der Waals surface area (Å²) < 4.78 is 11.0. The Morgan fingerprint density at radius 1 is 1.11 bits per heavy atom. The molecule has 0 saturated heterocycles. The van der Waals surface area contributed by atoms with E-state index in [1.54, 1.807) is 7.11 Å². The van der Waals surface area contributed by atoms with Crippen LogP contribution in [0.2, 0.25) is 0 Å². The summed E-state index contributed by atoms with van der Waals surface area (Å²) in [5, 5.41) is 0. The summed E-state index contributed by atoms with van der Waals surface area (Å²) in [4.78, 5) is 4.44. The van der Waals surface area contributed by atoms with E-state index in [9.17, 15) is 0 Å². The van der Waals surface area contributed by atoms with Crippen molar-refractivity contribution >= 4 is 11.1 Å². The molecule has 0 radical (unpaired) electrons. The highest BCUT2D eigenvalue weighted by molar-refractivity contribution is 5.79. The van der Waals surface area contributed by atoms with Crippen molar-refractivity contribution in [3.63, 3.8) is 0 Å². The molecule has 1 atom stereocenters. The number of nitrogens with zero attached hydrogens (tertiary/aromatic N) is 1. The molecule has 0 aliphatic carbocycles. The first-order chi connectivity index (χ1) is 9.29. The predicted molar refractivity (Wildman–Crippen MR) is 73.0 cm³/mol. The van der Waals surface area contributed by atoms with Crippen molar-refractivity contribution in [2.45, 2.75) is 6.04 Å². The minimum atomic E-state index is -0.377. The normalized spacial score (nSPS) is 12.5. The van der Waals surface area contributed by atoms with E-state index in [4.69, 9.17) is 14.9 Å². The molecular weight excluding hydrogens is 240 g/mol. The summed E-state index contributed by atoms with van der Waals surface area (Å²) in [5.41, 5.74) is 8.52. The van der Waals surface area contributed by atoms with Gasteiger partial charge >= 0.3 is 0 Å². The second-order valence-corrected chi connectivity index (χ2v) is 4.25. The van der Waals surface area contributed by atoms with Crippen molar-refractivity contribution < 1.29 is 9.15 Å². The minimum Gasteiger partial charge on any atom is -0.494 e. The zero-order valence-corrected chi connectivity index (χ0v) is 10.5. The fourth-order valence-corrected chi connectivity index (χ4v) is 2.04. The molecule has 4 heteroatoms. The molecule has 2 N–H and O–H groups in total. The van der Waals surface area contributed by atoms with Crippen LogP contribution < -0.4 is 10.5 Å². The van der Waals surface area contributed by atoms with Crippen LogP contribution in [0.25, 0.3) is 11.1 Å². The van der Waals surface area contributed by atoms with E-state index in [-0.39, 0.29) is 6.04 Å². The molecule has 0 aliphatic rings. The minimum absolute atomic E-state index is 0.377. The molecular formula is C15H14N2O2. The average Bonchev–Trinajstić information content (AvgIpc) is 2.91. The van der Waals surface area contributed by atoms with Gasteiger partial charge in [0.2, 0.25) is 5.89 Å². The van der Waals surface area contributed by atoms with Gasteiger partial charge in [-0.1, -0.05) is 36.4 Å². The molecule has 0 saturated carbocycles. The first-order valence-electron chi connectivity index (χ1n) is 6.03. The van der Waals surface area contributed by atoms with Gasteiger partial charge in [-0.3, -0.25) is 0 Å². The summed E-state index contributed by atoms with van der Waals surface area (Å²) in [6, 6.07) is 14.9.